The summed E-state index contributed by atoms with van der Waals surface area (Å²) < 4.78 is 0. The van der Waals surface area contributed by atoms with Gasteiger partial charge in [-0.1, -0.05) is 6.07 Å². The van der Waals surface area contributed by atoms with Gasteiger partial charge in [-0.25, -0.2) is 0 Å². The number of para-hydroxylation sites is 1. The van der Waals surface area contributed by atoms with Crippen LogP contribution in [0, 0.1) is 0 Å². The zero-order chi connectivity index (χ0) is 13.7. The van der Waals surface area contributed by atoms with Crippen molar-refractivity contribution in [1.29, 1.82) is 0 Å². The van der Waals surface area contributed by atoms with Crippen molar-refractivity contribution in [1.82, 2.24) is 5.32 Å². The molecule has 1 aromatic carbocycles. The number of nitrogen functional groups attached to an aromatic ring is 1. The van der Waals surface area contributed by atoms with Crippen LogP contribution in [0.2, 0.25) is 0 Å². The van der Waals surface area contributed by atoms with E-state index in [0.29, 0.717) is 17.9 Å². The van der Waals surface area contributed by atoms with Gasteiger partial charge < -0.3 is 22.1 Å². The lowest BCUT2D eigenvalue weighted by Crippen LogP contribution is -2.38. The lowest BCUT2D eigenvalue weighted by atomic mass is 10.1. The van der Waals surface area contributed by atoms with Crippen molar-refractivity contribution < 1.29 is 9.59 Å². The van der Waals surface area contributed by atoms with Crippen LogP contribution < -0.4 is 22.1 Å². The molecule has 0 spiro atoms. The van der Waals surface area contributed by atoms with Crippen LogP contribution in [-0.2, 0) is 4.79 Å². The minimum Gasteiger partial charge on any atom is -0.397 e. The molecule has 98 valence electrons. The first-order valence-electron chi connectivity index (χ1n) is 5.69. The van der Waals surface area contributed by atoms with Crippen molar-refractivity contribution in [3.63, 3.8) is 0 Å². The van der Waals surface area contributed by atoms with Gasteiger partial charge in [-0.3, -0.25) is 9.59 Å². The Hall–Kier alpha value is -2.24. The highest BCUT2D eigenvalue weighted by atomic mass is 16.2. The van der Waals surface area contributed by atoms with Crippen molar-refractivity contribution in [2.24, 2.45) is 5.73 Å². The molecule has 0 saturated carbocycles. The highest BCUT2D eigenvalue weighted by molar-refractivity contribution is 6.02. The Morgan fingerprint density at radius 2 is 2.06 bits per heavy atom. The number of benzene rings is 1. The van der Waals surface area contributed by atoms with Crippen LogP contribution in [0.5, 0.6) is 0 Å². The van der Waals surface area contributed by atoms with E-state index in [1.165, 1.54) is 0 Å². The molecule has 18 heavy (non-hydrogen) atoms. The molecular weight excluding hydrogens is 232 g/mol. The monoisotopic (exact) mass is 250 g/mol. The number of rotatable bonds is 5. The number of carbonyl (C=O) groups excluding carboxylic acids is 2. The zero-order valence-electron chi connectivity index (χ0n) is 10.5. The molecule has 0 aliphatic rings. The van der Waals surface area contributed by atoms with Crippen molar-refractivity contribution in [3.05, 3.63) is 23.8 Å². The molecule has 0 radical (unpaired) electrons. The number of anilines is 2. The summed E-state index contributed by atoms with van der Waals surface area (Å²) in [6, 6.07) is 4.33. The summed E-state index contributed by atoms with van der Waals surface area (Å²) in [5, 5.41) is 5.58. The van der Waals surface area contributed by atoms with E-state index < -0.39 is 11.9 Å². The third-order valence-corrected chi connectivity index (χ3v) is 2.47. The molecule has 1 rings (SSSR count). The van der Waals surface area contributed by atoms with Gasteiger partial charge in [-0.2, -0.15) is 0 Å². The van der Waals surface area contributed by atoms with Crippen molar-refractivity contribution in [2.75, 3.05) is 17.6 Å². The maximum absolute atomic E-state index is 11.6. The van der Waals surface area contributed by atoms with Gasteiger partial charge in [0.15, 0.2) is 0 Å². The third-order valence-electron chi connectivity index (χ3n) is 2.47. The van der Waals surface area contributed by atoms with Gasteiger partial charge in [0.25, 0.3) is 5.91 Å². The molecule has 0 aromatic heterocycles. The van der Waals surface area contributed by atoms with Gasteiger partial charge in [0.05, 0.1) is 16.9 Å². The summed E-state index contributed by atoms with van der Waals surface area (Å²) >= 11 is 0. The van der Waals surface area contributed by atoms with E-state index in [-0.39, 0.29) is 11.5 Å². The number of nitrogens with two attached hydrogens (primary N) is 2. The minimum atomic E-state index is -0.590. The second kappa shape index (κ2) is 5.90. The molecule has 1 atom stereocenters. The van der Waals surface area contributed by atoms with E-state index in [9.17, 15) is 9.59 Å². The lowest BCUT2D eigenvalue weighted by molar-refractivity contribution is -0.121. The topological polar surface area (TPSA) is 110 Å². The maximum Gasteiger partial charge on any atom is 0.250 e. The van der Waals surface area contributed by atoms with Crippen molar-refractivity contribution in [2.45, 2.75) is 19.9 Å². The molecule has 0 heterocycles. The summed E-state index contributed by atoms with van der Waals surface area (Å²) in [6.07, 6.45) is 0. The molecule has 6 N–H and O–H groups in total. The number of carbonyl (C=O) groups is 2. The summed E-state index contributed by atoms with van der Waals surface area (Å²) in [4.78, 5) is 22.9. The molecular formula is C12H18N4O2. The number of hydrogen-bond acceptors (Lipinski definition) is 4. The average molecular weight is 250 g/mol. The first kappa shape index (κ1) is 13.8. The molecule has 1 unspecified atom stereocenters. The molecule has 2 amide bonds. The summed E-state index contributed by atoms with van der Waals surface area (Å²) in [7, 11) is 0. The second-order valence-electron chi connectivity index (χ2n) is 3.89. The van der Waals surface area contributed by atoms with E-state index in [4.69, 9.17) is 11.5 Å². The zero-order valence-corrected chi connectivity index (χ0v) is 10.5. The standard InChI is InChI=1S/C12H18N4O2/c1-3-15-12(18)7(2)16-10-8(11(14)17)5-4-6-9(10)13/h4-7,16H,3,13H2,1-2H3,(H2,14,17)(H,15,18). The molecule has 0 aliphatic heterocycles. The van der Waals surface area contributed by atoms with Crippen LogP contribution in [0.25, 0.3) is 0 Å². The van der Waals surface area contributed by atoms with E-state index in [0.717, 1.165) is 0 Å². The molecule has 6 nitrogen and oxygen atoms in total. The average Bonchev–Trinajstić information content (AvgIpc) is 2.31. The number of hydrogen-bond donors (Lipinski definition) is 4. The van der Waals surface area contributed by atoms with Gasteiger partial charge in [0.2, 0.25) is 5.91 Å². The van der Waals surface area contributed by atoms with E-state index in [1.54, 1.807) is 25.1 Å². The van der Waals surface area contributed by atoms with Crippen LogP contribution in [-0.4, -0.2) is 24.4 Å². The Morgan fingerprint density at radius 1 is 1.39 bits per heavy atom. The van der Waals surface area contributed by atoms with Gasteiger partial charge in [-0.15, -0.1) is 0 Å². The smallest absolute Gasteiger partial charge is 0.250 e. The highest BCUT2D eigenvalue weighted by Gasteiger charge is 2.17. The van der Waals surface area contributed by atoms with E-state index in [1.807, 2.05) is 6.92 Å². The number of nitrogens with one attached hydrogen (secondary N) is 2. The largest absolute Gasteiger partial charge is 0.397 e. The Bertz CT molecular complexity index is 459. The SMILES string of the molecule is CCNC(=O)C(C)Nc1c(N)cccc1C(N)=O. The Kier molecular flexibility index (Phi) is 4.53. The number of amides is 2. The predicted octanol–water partition coefficient (Wildman–Crippen LogP) is 0.304. The maximum atomic E-state index is 11.6. The van der Waals surface area contributed by atoms with Gasteiger partial charge >= 0.3 is 0 Å². The molecule has 0 bridgehead atoms. The Balaban J connectivity index is 2.96. The molecule has 0 fully saturated rings. The lowest BCUT2D eigenvalue weighted by Gasteiger charge is -2.18. The molecule has 6 heteroatoms. The fraction of sp³-hybridized carbons (Fsp3) is 0.333. The van der Waals surface area contributed by atoms with Crippen LogP contribution in [0.15, 0.2) is 18.2 Å². The second-order valence-corrected chi connectivity index (χ2v) is 3.89. The summed E-state index contributed by atoms with van der Waals surface area (Å²) in [5.41, 5.74) is 12.1. The molecule has 0 saturated heterocycles. The van der Waals surface area contributed by atoms with Crippen LogP contribution in [0.3, 0.4) is 0 Å². The van der Waals surface area contributed by atoms with E-state index in [2.05, 4.69) is 10.6 Å². The van der Waals surface area contributed by atoms with Gasteiger partial charge in [0, 0.05) is 6.54 Å². The van der Waals surface area contributed by atoms with Crippen molar-refractivity contribution in [3.8, 4) is 0 Å². The Labute approximate surface area is 106 Å². The van der Waals surface area contributed by atoms with Gasteiger partial charge in [-0.05, 0) is 26.0 Å². The summed E-state index contributed by atoms with van der Waals surface area (Å²) in [6.45, 7) is 4.05. The molecule has 0 aliphatic carbocycles. The predicted molar refractivity (Wildman–Crippen MR) is 71.1 cm³/mol. The fourth-order valence-corrected chi connectivity index (χ4v) is 1.55. The van der Waals surface area contributed by atoms with E-state index >= 15 is 0 Å². The van der Waals surface area contributed by atoms with Crippen LogP contribution >= 0.6 is 0 Å². The summed E-state index contributed by atoms with van der Waals surface area (Å²) in [5.74, 6) is -0.760. The van der Waals surface area contributed by atoms with Crippen LogP contribution in [0.1, 0.15) is 24.2 Å². The fourth-order valence-electron chi connectivity index (χ4n) is 1.55. The highest BCUT2D eigenvalue weighted by Crippen LogP contribution is 2.23. The minimum absolute atomic E-state index is 0.170. The van der Waals surface area contributed by atoms with Crippen LogP contribution in [0.4, 0.5) is 11.4 Å². The van der Waals surface area contributed by atoms with Gasteiger partial charge in [0.1, 0.15) is 6.04 Å². The third kappa shape index (κ3) is 3.13. The Morgan fingerprint density at radius 3 is 2.61 bits per heavy atom. The normalized spacial score (nSPS) is 11.7. The molecule has 1 aromatic rings. The quantitative estimate of drug-likeness (QED) is 0.563. The number of primary amides is 1. The van der Waals surface area contributed by atoms with Crippen molar-refractivity contribution >= 4 is 23.2 Å². The number of likely N-dealkylation sites (N-methyl/N-ethyl adjacent to an activating group) is 1. The first-order valence-corrected chi connectivity index (χ1v) is 5.69. The first-order chi connectivity index (χ1) is 8.47.